The highest BCUT2D eigenvalue weighted by Crippen LogP contribution is 2.45. The first-order valence-corrected chi connectivity index (χ1v) is 8.44. The molecule has 1 nitrogen and oxygen atoms in total. The lowest BCUT2D eigenvalue weighted by Gasteiger charge is -2.35. The molecule has 0 fully saturated rings. The molecule has 0 bridgehead atoms. The van der Waals surface area contributed by atoms with Crippen LogP contribution in [0, 0.1) is 6.92 Å². The lowest BCUT2D eigenvalue weighted by atomic mass is 9.85. The molecule has 2 aromatic carbocycles. The maximum Gasteiger partial charge on any atom is 0.129 e. The van der Waals surface area contributed by atoms with Crippen LogP contribution in [0.15, 0.2) is 36.4 Å². The highest BCUT2D eigenvalue weighted by atomic mass is 16.5. The molecule has 116 valence electrons. The molecule has 1 heterocycles. The van der Waals surface area contributed by atoms with E-state index in [2.05, 4.69) is 64.1 Å². The maximum atomic E-state index is 6.33. The van der Waals surface area contributed by atoms with E-state index in [0.717, 1.165) is 12.2 Å². The third kappa shape index (κ3) is 2.77. The van der Waals surface area contributed by atoms with E-state index in [1.54, 1.807) is 0 Å². The SMILES string of the molecule is CCCCCc1ccc2c(c1)OC(C)(C)c1ccc(C)cc1-2. The van der Waals surface area contributed by atoms with Crippen LogP contribution in [0.25, 0.3) is 11.1 Å². The molecule has 1 heteroatoms. The van der Waals surface area contributed by atoms with Crippen molar-refractivity contribution in [3.63, 3.8) is 0 Å². The molecule has 0 spiro atoms. The fraction of sp³-hybridized carbons (Fsp3) is 0.429. The first kappa shape index (κ1) is 15.1. The lowest BCUT2D eigenvalue weighted by Crippen LogP contribution is -2.29. The van der Waals surface area contributed by atoms with Crippen LogP contribution < -0.4 is 4.74 Å². The van der Waals surface area contributed by atoms with Crippen LogP contribution in [-0.4, -0.2) is 0 Å². The summed E-state index contributed by atoms with van der Waals surface area (Å²) in [7, 11) is 0. The second-order valence-electron chi connectivity index (χ2n) is 6.95. The van der Waals surface area contributed by atoms with Gasteiger partial charge in [-0.25, -0.2) is 0 Å². The normalized spacial score (nSPS) is 14.9. The molecule has 0 atom stereocenters. The Labute approximate surface area is 134 Å². The third-order valence-electron chi connectivity index (χ3n) is 4.59. The van der Waals surface area contributed by atoms with Gasteiger partial charge < -0.3 is 4.74 Å². The lowest BCUT2D eigenvalue weighted by molar-refractivity contribution is 0.105. The molecule has 0 aromatic heterocycles. The van der Waals surface area contributed by atoms with Gasteiger partial charge in [-0.1, -0.05) is 55.7 Å². The Morgan fingerprint density at radius 3 is 2.55 bits per heavy atom. The van der Waals surface area contributed by atoms with E-state index < -0.39 is 0 Å². The van der Waals surface area contributed by atoms with Crippen molar-refractivity contribution in [2.75, 3.05) is 0 Å². The topological polar surface area (TPSA) is 9.23 Å². The molecule has 1 aliphatic rings. The van der Waals surface area contributed by atoms with Crippen molar-refractivity contribution in [2.45, 2.75) is 59.0 Å². The zero-order chi connectivity index (χ0) is 15.7. The van der Waals surface area contributed by atoms with Crippen molar-refractivity contribution < 1.29 is 4.74 Å². The molecule has 22 heavy (non-hydrogen) atoms. The van der Waals surface area contributed by atoms with E-state index in [0.29, 0.717) is 0 Å². The average molecular weight is 294 g/mol. The van der Waals surface area contributed by atoms with Gasteiger partial charge in [0.15, 0.2) is 0 Å². The molecule has 2 aromatic rings. The summed E-state index contributed by atoms with van der Waals surface area (Å²) in [6.45, 7) is 8.72. The molecule has 0 unspecified atom stereocenters. The Hall–Kier alpha value is -1.76. The van der Waals surface area contributed by atoms with Gasteiger partial charge in [-0.2, -0.15) is 0 Å². The van der Waals surface area contributed by atoms with Crippen molar-refractivity contribution >= 4 is 0 Å². The van der Waals surface area contributed by atoms with Gasteiger partial charge in [0.05, 0.1) is 0 Å². The Bertz CT molecular complexity index is 682. The molecule has 3 rings (SSSR count). The van der Waals surface area contributed by atoms with Gasteiger partial charge in [0.25, 0.3) is 0 Å². The third-order valence-corrected chi connectivity index (χ3v) is 4.59. The van der Waals surface area contributed by atoms with Crippen LogP contribution in [0.4, 0.5) is 0 Å². The van der Waals surface area contributed by atoms with E-state index in [4.69, 9.17) is 4.74 Å². The molecule has 0 radical (unpaired) electrons. The highest BCUT2D eigenvalue weighted by molar-refractivity contribution is 5.77. The molecular weight excluding hydrogens is 268 g/mol. The number of fused-ring (bicyclic) bond motifs is 3. The quantitative estimate of drug-likeness (QED) is 0.626. The molecule has 0 saturated carbocycles. The minimum absolute atomic E-state index is 0.266. The van der Waals surface area contributed by atoms with Gasteiger partial charge in [0.1, 0.15) is 11.4 Å². The van der Waals surface area contributed by atoms with Crippen LogP contribution in [-0.2, 0) is 12.0 Å². The number of hydrogen-bond acceptors (Lipinski definition) is 1. The minimum Gasteiger partial charge on any atom is -0.482 e. The van der Waals surface area contributed by atoms with Crippen molar-refractivity contribution in [2.24, 2.45) is 0 Å². The number of unbranched alkanes of at least 4 members (excludes halogenated alkanes) is 2. The highest BCUT2D eigenvalue weighted by Gasteiger charge is 2.32. The molecule has 1 aliphatic heterocycles. The smallest absolute Gasteiger partial charge is 0.129 e. The van der Waals surface area contributed by atoms with Crippen LogP contribution in [0.1, 0.15) is 56.7 Å². The number of hydrogen-bond donors (Lipinski definition) is 0. The summed E-state index contributed by atoms with van der Waals surface area (Å²) in [5, 5.41) is 0. The van der Waals surface area contributed by atoms with Gasteiger partial charge in [0.2, 0.25) is 0 Å². The molecular formula is C21H26O. The summed E-state index contributed by atoms with van der Waals surface area (Å²) in [5.41, 5.74) is 6.26. The van der Waals surface area contributed by atoms with Gasteiger partial charge >= 0.3 is 0 Å². The minimum atomic E-state index is -0.266. The van der Waals surface area contributed by atoms with E-state index in [1.165, 1.54) is 47.1 Å². The summed E-state index contributed by atoms with van der Waals surface area (Å²) in [6, 6.07) is 13.4. The predicted molar refractivity (Wildman–Crippen MR) is 93.5 cm³/mol. The number of aryl methyl sites for hydroxylation is 2. The molecule has 0 N–H and O–H groups in total. The fourth-order valence-electron chi connectivity index (χ4n) is 3.34. The van der Waals surface area contributed by atoms with E-state index in [-0.39, 0.29) is 5.60 Å². The summed E-state index contributed by atoms with van der Waals surface area (Å²) >= 11 is 0. The number of benzene rings is 2. The second-order valence-corrected chi connectivity index (χ2v) is 6.95. The van der Waals surface area contributed by atoms with Gasteiger partial charge in [-0.3, -0.25) is 0 Å². The fourth-order valence-corrected chi connectivity index (χ4v) is 3.34. The van der Waals surface area contributed by atoms with Crippen LogP contribution >= 0.6 is 0 Å². The van der Waals surface area contributed by atoms with Crippen molar-refractivity contribution in [1.82, 2.24) is 0 Å². The zero-order valence-corrected chi connectivity index (χ0v) is 14.2. The number of rotatable bonds is 4. The summed E-state index contributed by atoms with van der Waals surface area (Å²) in [6.07, 6.45) is 4.96. The van der Waals surface area contributed by atoms with Crippen molar-refractivity contribution in [3.8, 4) is 16.9 Å². The zero-order valence-electron chi connectivity index (χ0n) is 14.2. The van der Waals surface area contributed by atoms with Crippen molar-refractivity contribution in [1.29, 1.82) is 0 Å². The molecule has 0 saturated heterocycles. The Balaban J connectivity index is 2.01. The Morgan fingerprint density at radius 2 is 1.77 bits per heavy atom. The van der Waals surface area contributed by atoms with Gasteiger partial charge in [-0.15, -0.1) is 0 Å². The first-order chi connectivity index (χ1) is 10.5. The average Bonchev–Trinajstić information content (AvgIpc) is 2.46. The van der Waals surface area contributed by atoms with E-state index in [9.17, 15) is 0 Å². The Morgan fingerprint density at radius 1 is 0.955 bits per heavy atom. The first-order valence-electron chi connectivity index (χ1n) is 8.44. The van der Waals surface area contributed by atoms with E-state index in [1.807, 2.05) is 0 Å². The van der Waals surface area contributed by atoms with Crippen LogP contribution in [0.3, 0.4) is 0 Å². The van der Waals surface area contributed by atoms with Crippen LogP contribution in [0.2, 0.25) is 0 Å². The summed E-state index contributed by atoms with van der Waals surface area (Å²) in [5.74, 6) is 1.04. The standard InChI is InChI=1S/C21H26O/c1-5-6-7-8-16-10-11-17-18-13-15(2)9-12-19(18)21(3,4)22-20(17)14-16/h9-14H,5-8H2,1-4H3. The predicted octanol–water partition coefficient (Wildman–Crippen LogP) is 6.02. The van der Waals surface area contributed by atoms with Crippen molar-refractivity contribution in [3.05, 3.63) is 53.1 Å². The second kappa shape index (κ2) is 5.79. The van der Waals surface area contributed by atoms with Gasteiger partial charge in [0, 0.05) is 11.1 Å². The summed E-state index contributed by atoms with van der Waals surface area (Å²) < 4.78 is 6.33. The summed E-state index contributed by atoms with van der Waals surface area (Å²) in [4.78, 5) is 0. The van der Waals surface area contributed by atoms with Gasteiger partial charge in [-0.05, 0) is 50.8 Å². The Kier molecular flexibility index (Phi) is 3.99. The monoisotopic (exact) mass is 294 g/mol. The van der Waals surface area contributed by atoms with Crippen LogP contribution in [0.5, 0.6) is 5.75 Å². The molecule has 0 amide bonds. The van der Waals surface area contributed by atoms with E-state index >= 15 is 0 Å². The largest absolute Gasteiger partial charge is 0.482 e. The maximum absolute atomic E-state index is 6.33. The molecule has 0 aliphatic carbocycles. The number of ether oxygens (including phenoxy) is 1.